The SMILES string of the molecule is N#Cc1ccc(-c2ccc3c(c2)C2(c4ccccc4S3)c3ccccc3-c3ccc(C4=NC(c5ccccc5)NC(c5ccccc5)=C4)cc32)cc1. The Hall–Kier alpha value is -6.41. The quantitative estimate of drug-likeness (QED) is 0.201. The molecule has 7 aromatic rings. The molecule has 0 amide bonds. The Morgan fingerprint density at radius 3 is 1.98 bits per heavy atom. The number of nitriles is 1. The lowest BCUT2D eigenvalue weighted by atomic mass is 9.66. The number of aliphatic imine (C=N–C) groups is 1. The fourth-order valence-electron chi connectivity index (χ4n) is 8.25. The molecule has 3 aliphatic rings. The molecule has 2 atom stereocenters. The van der Waals surface area contributed by atoms with Crippen LogP contribution < -0.4 is 5.32 Å². The van der Waals surface area contributed by atoms with Crippen LogP contribution in [0.4, 0.5) is 0 Å². The van der Waals surface area contributed by atoms with Gasteiger partial charge in [0.15, 0.2) is 0 Å². The number of benzene rings is 7. The van der Waals surface area contributed by atoms with Gasteiger partial charge in [-0.25, -0.2) is 0 Å². The number of nitrogens with one attached hydrogen (secondary N) is 1. The molecule has 1 aliphatic carbocycles. The first kappa shape index (κ1) is 30.4. The third kappa shape index (κ3) is 4.71. The molecule has 244 valence electrons. The maximum Gasteiger partial charge on any atom is 0.145 e. The molecule has 52 heavy (non-hydrogen) atoms. The van der Waals surface area contributed by atoms with Crippen molar-refractivity contribution in [3.63, 3.8) is 0 Å². The average Bonchev–Trinajstić information content (AvgIpc) is 3.51. The van der Waals surface area contributed by atoms with Crippen LogP contribution in [0.2, 0.25) is 0 Å². The van der Waals surface area contributed by atoms with Crippen molar-refractivity contribution < 1.29 is 0 Å². The van der Waals surface area contributed by atoms with E-state index in [9.17, 15) is 5.26 Å². The second-order valence-electron chi connectivity index (χ2n) is 13.5. The molecule has 2 unspecified atom stereocenters. The monoisotopic (exact) mass is 681 g/mol. The summed E-state index contributed by atoms with van der Waals surface area (Å²) in [6, 6.07) is 62.9. The van der Waals surface area contributed by atoms with Gasteiger partial charge in [0.1, 0.15) is 6.17 Å². The van der Waals surface area contributed by atoms with Gasteiger partial charge in [-0.3, -0.25) is 4.99 Å². The fraction of sp³-hybridized carbons (Fsp3) is 0.0417. The summed E-state index contributed by atoms with van der Waals surface area (Å²) in [6.07, 6.45) is 1.98. The zero-order valence-electron chi connectivity index (χ0n) is 28.1. The lowest BCUT2D eigenvalue weighted by Crippen LogP contribution is -2.32. The van der Waals surface area contributed by atoms with E-state index in [2.05, 4.69) is 169 Å². The highest BCUT2D eigenvalue weighted by Crippen LogP contribution is 2.62. The normalized spacial score (nSPS) is 17.8. The summed E-state index contributed by atoms with van der Waals surface area (Å²) in [4.78, 5) is 7.88. The summed E-state index contributed by atoms with van der Waals surface area (Å²) < 4.78 is 0. The Morgan fingerprint density at radius 1 is 0.538 bits per heavy atom. The topological polar surface area (TPSA) is 48.2 Å². The van der Waals surface area contributed by atoms with Gasteiger partial charge in [0, 0.05) is 21.1 Å². The summed E-state index contributed by atoms with van der Waals surface area (Å²) in [5.74, 6) is 0. The number of fused-ring (bicyclic) bond motifs is 9. The van der Waals surface area contributed by atoms with Crippen LogP contribution in [0.1, 0.15) is 50.7 Å². The summed E-state index contributed by atoms with van der Waals surface area (Å²) in [6.45, 7) is 0. The molecule has 2 heterocycles. The second kappa shape index (κ2) is 12.1. The number of nitrogens with zero attached hydrogens (tertiary/aromatic N) is 2. The highest BCUT2D eigenvalue weighted by molar-refractivity contribution is 7.99. The molecule has 0 saturated heterocycles. The van der Waals surface area contributed by atoms with Crippen molar-refractivity contribution in [3.05, 3.63) is 220 Å². The Balaban J connectivity index is 1.22. The van der Waals surface area contributed by atoms with Gasteiger partial charge in [-0.1, -0.05) is 145 Å². The van der Waals surface area contributed by atoms with E-state index in [1.54, 1.807) is 0 Å². The molecule has 1 spiro atoms. The Bertz CT molecular complexity index is 2630. The number of hydrogen-bond donors (Lipinski definition) is 1. The maximum atomic E-state index is 9.47. The van der Waals surface area contributed by atoms with Crippen LogP contribution in [0.25, 0.3) is 28.0 Å². The molecule has 7 aromatic carbocycles. The van der Waals surface area contributed by atoms with Crippen molar-refractivity contribution in [1.82, 2.24) is 5.32 Å². The van der Waals surface area contributed by atoms with E-state index in [-0.39, 0.29) is 6.17 Å². The molecule has 0 fully saturated rings. The molecule has 0 saturated carbocycles. The van der Waals surface area contributed by atoms with Crippen LogP contribution in [-0.4, -0.2) is 5.71 Å². The third-order valence-electron chi connectivity index (χ3n) is 10.6. The van der Waals surface area contributed by atoms with Crippen LogP contribution in [0.15, 0.2) is 191 Å². The van der Waals surface area contributed by atoms with Gasteiger partial charge < -0.3 is 5.32 Å². The van der Waals surface area contributed by atoms with Crippen LogP contribution >= 0.6 is 11.8 Å². The van der Waals surface area contributed by atoms with E-state index in [0.717, 1.165) is 39.2 Å². The summed E-state index contributed by atoms with van der Waals surface area (Å²) in [5, 5.41) is 13.2. The van der Waals surface area contributed by atoms with Gasteiger partial charge >= 0.3 is 0 Å². The van der Waals surface area contributed by atoms with Gasteiger partial charge in [0.25, 0.3) is 0 Å². The van der Waals surface area contributed by atoms with Gasteiger partial charge in [-0.15, -0.1) is 0 Å². The minimum Gasteiger partial charge on any atom is -0.360 e. The Kier molecular flexibility index (Phi) is 7.09. The Morgan fingerprint density at radius 2 is 1.17 bits per heavy atom. The number of allylic oxidation sites excluding steroid dienone is 1. The highest BCUT2D eigenvalue weighted by atomic mass is 32.2. The van der Waals surface area contributed by atoms with E-state index >= 15 is 0 Å². The summed E-state index contributed by atoms with van der Waals surface area (Å²) >= 11 is 1.85. The molecule has 10 rings (SSSR count). The highest BCUT2D eigenvalue weighted by Gasteiger charge is 2.50. The second-order valence-corrected chi connectivity index (χ2v) is 14.5. The minimum atomic E-state index is -0.542. The average molecular weight is 682 g/mol. The fourth-order valence-corrected chi connectivity index (χ4v) is 9.42. The van der Waals surface area contributed by atoms with Crippen molar-refractivity contribution in [2.75, 3.05) is 0 Å². The smallest absolute Gasteiger partial charge is 0.145 e. The zero-order chi connectivity index (χ0) is 34.6. The molecule has 4 heteroatoms. The van der Waals surface area contributed by atoms with E-state index in [1.165, 1.54) is 43.2 Å². The van der Waals surface area contributed by atoms with Crippen LogP contribution in [0.5, 0.6) is 0 Å². The van der Waals surface area contributed by atoms with Gasteiger partial charge in [0.05, 0.1) is 22.8 Å². The minimum absolute atomic E-state index is 0.224. The van der Waals surface area contributed by atoms with Crippen molar-refractivity contribution >= 4 is 23.2 Å². The van der Waals surface area contributed by atoms with Crippen molar-refractivity contribution in [2.24, 2.45) is 4.99 Å². The van der Waals surface area contributed by atoms with Crippen molar-refractivity contribution in [3.8, 4) is 28.3 Å². The maximum absolute atomic E-state index is 9.47. The molecule has 0 radical (unpaired) electrons. The van der Waals surface area contributed by atoms with E-state index < -0.39 is 5.41 Å². The zero-order valence-corrected chi connectivity index (χ0v) is 28.9. The van der Waals surface area contributed by atoms with E-state index in [0.29, 0.717) is 5.56 Å². The predicted octanol–water partition coefficient (Wildman–Crippen LogP) is 11.2. The van der Waals surface area contributed by atoms with Crippen molar-refractivity contribution in [1.29, 1.82) is 5.26 Å². The molecule has 0 bridgehead atoms. The summed E-state index contributed by atoms with van der Waals surface area (Å²) in [7, 11) is 0. The lowest BCUT2D eigenvalue weighted by molar-refractivity contribution is 0.664. The molecule has 3 nitrogen and oxygen atoms in total. The molecule has 0 aromatic heterocycles. The largest absolute Gasteiger partial charge is 0.360 e. The number of hydrogen-bond acceptors (Lipinski definition) is 4. The van der Waals surface area contributed by atoms with Crippen molar-refractivity contribution in [2.45, 2.75) is 21.4 Å². The van der Waals surface area contributed by atoms with Crippen LogP contribution in [-0.2, 0) is 5.41 Å². The van der Waals surface area contributed by atoms with Gasteiger partial charge in [-0.2, -0.15) is 5.26 Å². The molecule has 1 N–H and O–H groups in total. The van der Waals surface area contributed by atoms with E-state index in [1.807, 2.05) is 30.0 Å². The molecular weight excluding hydrogens is 651 g/mol. The summed E-state index contributed by atoms with van der Waals surface area (Å²) in [5.41, 5.74) is 15.3. The molecule has 2 aliphatic heterocycles. The number of rotatable bonds is 4. The van der Waals surface area contributed by atoms with Crippen LogP contribution in [0, 0.1) is 11.3 Å². The van der Waals surface area contributed by atoms with Gasteiger partial charge in [0.2, 0.25) is 0 Å². The lowest BCUT2D eigenvalue weighted by Gasteiger charge is -2.40. The van der Waals surface area contributed by atoms with Crippen LogP contribution in [0.3, 0.4) is 0 Å². The first-order chi connectivity index (χ1) is 25.7. The first-order valence-corrected chi connectivity index (χ1v) is 18.4. The first-order valence-electron chi connectivity index (χ1n) is 17.5. The van der Waals surface area contributed by atoms with E-state index in [4.69, 9.17) is 4.99 Å². The predicted molar refractivity (Wildman–Crippen MR) is 211 cm³/mol. The van der Waals surface area contributed by atoms with Gasteiger partial charge in [-0.05, 0) is 98.1 Å². The molecular formula is C48H31N3S. The third-order valence-corrected chi connectivity index (χ3v) is 11.8. The standard InChI is InChI=1S/C48H31N3S/c49-30-31-19-21-32(22-20-31)35-24-26-46-42(27-35)48(40-17-9-10-18-45(40)52-46)39-16-8-7-15-37(39)38-25-23-36(28-41(38)48)44-29-43(33-11-3-1-4-12-33)50-47(51-44)34-13-5-2-6-14-34/h1-29,47,50H. The Labute approximate surface area is 307 Å².